The molecule has 0 bridgehead atoms. The standard InChI is InChI=1S/C16H28N2O3/c1-3-13(2)10-16(20)17-6-4-14(5-7-17)18-8-9-21-15(11-18)12-19/h3,14-15,19H,4-12H2,1-2H3/t15-/m1/s1. The molecule has 0 aromatic carbocycles. The third-order valence-electron chi connectivity index (χ3n) is 4.63. The Morgan fingerprint density at radius 3 is 2.67 bits per heavy atom. The molecule has 1 amide bonds. The van der Waals surface area contributed by atoms with E-state index < -0.39 is 0 Å². The van der Waals surface area contributed by atoms with Crippen molar-refractivity contribution in [3.8, 4) is 0 Å². The fourth-order valence-corrected chi connectivity index (χ4v) is 3.12. The van der Waals surface area contributed by atoms with Crippen molar-refractivity contribution in [1.29, 1.82) is 0 Å². The number of hydrogen-bond donors (Lipinski definition) is 1. The number of piperidine rings is 1. The second-order valence-electron chi connectivity index (χ2n) is 6.09. The minimum atomic E-state index is -0.0456. The summed E-state index contributed by atoms with van der Waals surface area (Å²) in [4.78, 5) is 16.6. The number of hydrogen-bond acceptors (Lipinski definition) is 4. The van der Waals surface area contributed by atoms with Gasteiger partial charge in [-0.25, -0.2) is 0 Å². The third kappa shape index (κ3) is 4.53. The Kier molecular flexibility index (Phi) is 6.21. The molecule has 2 aliphatic rings. The average molecular weight is 296 g/mol. The van der Waals surface area contributed by atoms with Crippen LogP contribution in [0.15, 0.2) is 11.6 Å². The first-order valence-electron chi connectivity index (χ1n) is 8.00. The van der Waals surface area contributed by atoms with Crippen LogP contribution in [0, 0.1) is 0 Å². The fourth-order valence-electron chi connectivity index (χ4n) is 3.12. The van der Waals surface area contributed by atoms with E-state index in [-0.39, 0.29) is 18.6 Å². The van der Waals surface area contributed by atoms with Gasteiger partial charge in [0.25, 0.3) is 0 Å². The lowest BCUT2D eigenvalue weighted by atomic mass is 10.0. The van der Waals surface area contributed by atoms with E-state index in [0.717, 1.165) is 44.6 Å². The maximum atomic E-state index is 12.2. The minimum Gasteiger partial charge on any atom is -0.394 e. The van der Waals surface area contributed by atoms with Crippen LogP contribution in [0.25, 0.3) is 0 Å². The lowest BCUT2D eigenvalue weighted by molar-refractivity contribution is -0.132. The van der Waals surface area contributed by atoms with Gasteiger partial charge in [0.15, 0.2) is 0 Å². The molecule has 1 N–H and O–H groups in total. The number of ether oxygens (including phenoxy) is 1. The summed E-state index contributed by atoms with van der Waals surface area (Å²) in [7, 11) is 0. The molecular formula is C16H28N2O3. The Morgan fingerprint density at radius 2 is 2.05 bits per heavy atom. The molecule has 0 spiro atoms. The summed E-state index contributed by atoms with van der Waals surface area (Å²) in [5.41, 5.74) is 1.14. The molecule has 21 heavy (non-hydrogen) atoms. The van der Waals surface area contributed by atoms with E-state index in [0.29, 0.717) is 19.1 Å². The van der Waals surface area contributed by atoms with Gasteiger partial charge in [-0.3, -0.25) is 9.69 Å². The van der Waals surface area contributed by atoms with E-state index in [9.17, 15) is 9.90 Å². The van der Waals surface area contributed by atoms with Crippen molar-refractivity contribution in [1.82, 2.24) is 9.80 Å². The van der Waals surface area contributed by atoms with Crippen molar-refractivity contribution in [2.75, 3.05) is 39.4 Å². The van der Waals surface area contributed by atoms with Crippen LogP contribution in [0.4, 0.5) is 0 Å². The van der Waals surface area contributed by atoms with Crippen molar-refractivity contribution in [3.05, 3.63) is 11.6 Å². The molecule has 0 radical (unpaired) electrons. The first kappa shape index (κ1) is 16.5. The van der Waals surface area contributed by atoms with Crippen LogP contribution in [0.5, 0.6) is 0 Å². The van der Waals surface area contributed by atoms with Gasteiger partial charge in [0.05, 0.1) is 19.3 Å². The monoisotopic (exact) mass is 296 g/mol. The summed E-state index contributed by atoms with van der Waals surface area (Å²) >= 11 is 0. The summed E-state index contributed by atoms with van der Waals surface area (Å²) in [6, 6.07) is 0.523. The van der Waals surface area contributed by atoms with Crippen molar-refractivity contribution in [2.45, 2.75) is 45.3 Å². The SMILES string of the molecule is CC=C(C)CC(=O)N1CCC(N2CCO[C@@H](CO)C2)CC1. The number of carbonyl (C=O) groups excluding carboxylic acids is 1. The predicted molar refractivity (Wildman–Crippen MR) is 82.0 cm³/mol. The topological polar surface area (TPSA) is 53.0 Å². The predicted octanol–water partition coefficient (Wildman–Crippen LogP) is 1.03. The van der Waals surface area contributed by atoms with Crippen LogP contribution >= 0.6 is 0 Å². The average Bonchev–Trinajstić information content (AvgIpc) is 2.54. The number of carbonyl (C=O) groups is 1. The quantitative estimate of drug-likeness (QED) is 0.787. The molecular weight excluding hydrogens is 268 g/mol. The number of morpholine rings is 1. The van der Waals surface area contributed by atoms with Crippen LogP contribution < -0.4 is 0 Å². The largest absolute Gasteiger partial charge is 0.394 e. The molecule has 2 fully saturated rings. The molecule has 1 atom stereocenters. The fraction of sp³-hybridized carbons (Fsp3) is 0.812. The minimum absolute atomic E-state index is 0.0456. The molecule has 0 aliphatic carbocycles. The maximum Gasteiger partial charge on any atom is 0.226 e. The van der Waals surface area contributed by atoms with Crippen LogP contribution in [0.3, 0.4) is 0 Å². The number of aliphatic hydroxyl groups is 1. The maximum absolute atomic E-state index is 12.2. The highest BCUT2D eigenvalue weighted by Gasteiger charge is 2.30. The van der Waals surface area contributed by atoms with Gasteiger partial charge < -0.3 is 14.7 Å². The summed E-state index contributed by atoms with van der Waals surface area (Å²) in [5.74, 6) is 0.249. The third-order valence-corrected chi connectivity index (χ3v) is 4.63. The molecule has 0 unspecified atom stereocenters. The normalized spacial score (nSPS) is 26.1. The number of amides is 1. The van der Waals surface area contributed by atoms with Crippen molar-refractivity contribution >= 4 is 5.91 Å². The van der Waals surface area contributed by atoms with Gasteiger partial charge in [-0.15, -0.1) is 0 Å². The zero-order valence-electron chi connectivity index (χ0n) is 13.3. The first-order chi connectivity index (χ1) is 10.1. The Bertz CT molecular complexity index is 376. The van der Waals surface area contributed by atoms with Gasteiger partial charge >= 0.3 is 0 Å². The zero-order valence-corrected chi connectivity index (χ0v) is 13.3. The van der Waals surface area contributed by atoms with E-state index in [1.165, 1.54) is 0 Å². The molecule has 5 nitrogen and oxygen atoms in total. The Labute approximate surface area is 127 Å². The van der Waals surface area contributed by atoms with Crippen LogP contribution in [0.2, 0.25) is 0 Å². The molecule has 2 saturated heterocycles. The number of rotatable bonds is 4. The van der Waals surface area contributed by atoms with Crippen molar-refractivity contribution in [2.24, 2.45) is 0 Å². The molecule has 120 valence electrons. The van der Waals surface area contributed by atoms with Crippen LogP contribution in [0.1, 0.15) is 33.1 Å². The Hall–Kier alpha value is -0.910. The van der Waals surface area contributed by atoms with E-state index >= 15 is 0 Å². The number of aliphatic hydroxyl groups excluding tert-OH is 1. The summed E-state index contributed by atoms with van der Waals surface area (Å²) < 4.78 is 5.50. The van der Waals surface area contributed by atoms with Gasteiger partial charge in [0.1, 0.15) is 0 Å². The second-order valence-corrected chi connectivity index (χ2v) is 6.09. The second kappa shape index (κ2) is 7.92. The highest BCUT2D eigenvalue weighted by Crippen LogP contribution is 2.20. The summed E-state index contributed by atoms with van der Waals surface area (Å²) in [6.07, 6.45) is 4.56. The van der Waals surface area contributed by atoms with E-state index in [4.69, 9.17) is 4.74 Å². The summed E-state index contributed by atoms with van der Waals surface area (Å²) in [6.45, 7) is 8.22. The highest BCUT2D eigenvalue weighted by atomic mass is 16.5. The first-order valence-corrected chi connectivity index (χ1v) is 8.00. The van der Waals surface area contributed by atoms with Gasteiger partial charge in [-0.05, 0) is 26.7 Å². The smallest absolute Gasteiger partial charge is 0.226 e. The number of likely N-dealkylation sites (tertiary alicyclic amines) is 1. The molecule has 0 aromatic heterocycles. The van der Waals surface area contributed by atoms with Gasteiger partial charge in [0, 0.05) is 38.6 Å². The van der Waals surface area contributed by atoms with Crippen molar-refractivity contribution < 1.29 is 14.6 Å². The van der Waals surface area contributed by atoms with Gasteiger partial charge in [-0.1, -0.05) is 11.6 Å². The molecule has 5 heteroatoms. The van der Waals surface area contributed by atoms with Gasteiger partial charge in [-0.2, -0.15) is 0 Å². The molecule has 2 rings (SSSR count). The van der Waals surface area contributed by atoms with E-state index in [2.05, 4.69) is 4.90 Å². The lowest BCUT2D eigenvalue weighted by Crippen LogP contribution is -2.52. The summed E-state index contributed by atoms with van der Waals surface area (Å²) in [5, 5.41) is 9.22. The number of allylic oxidation sites excluding steroid dienone is 1. The van der Waals surface area contributed by atoms with Crippen LogP contribution in [-0.4, -0.2) is 72.4 Å². The zero-order chi connectivity index (χ0) is 15.2. The highest BCUT2D eigenvalue weighted by molar-refractivity contribution is 5.78. The van der Waals surface area contributed by atoms with Crippen LogP contribution in [-0.2, 0) is 9.53 Å². The molecule has 0 saturated carbocycles. The van der Waals surface area contributed by atoms with Crippen molar-refractivity contribution in [3.63, 3.8) is 0 Å². The molecule has 0 aromatic rings. The lowest BCUT2D eigenvalue weighted by Gasteiger charge is -2.42. The van der Waals surface area contributed by atoms with E-state index in [1.807, 2.05) is 24.8 Å². The molecule has 2 aliphatic heterocycles. The Balaban J connectivity index is 1.79. The number of nitrogens with zero attached hydrogens (tertiary/aromatic N) is 2. The molecule has 2 heterocycles. The van der Waals surface area contributed by atoms with Gasteiger partial charge in [0.2, 0.25) is 5.91 Å². The van der Waals surface area contributed by atoms with E-state index in [1.54, 1.807) is 0 Å². The Morgan fingerprint density at radius 1 is 1.33 bits per heavy atom.